The normalized spacial score (nSPS) is 49.9. The molecule has 0 aromatic rings. The fraction of sp³-hybridized carbons (Fsp3) is 0.815. The van der Waals surface area contributed by atoms with Crippen molar-refractivity contribution in [2.24, 2.45) is 28.6 Å². The van der Waals surface area contributed by atoms with Gasteiger partial charge < -0.3 is 24.1 Å². The van der Waals surface area contributed by atoms with E-state index in [4.69, 9.17) is 18.9 Å². The minimum atomic E-state index is -1.13. The molecule has 4 aliphatic carbocycles. The van der Waals surface area contributed by atoms with E-state index in [2.05, 4.69) is 6.92 Å². The smallest absolute Gasteiger partial charge is 0.331 e. The molecule has 2 heterocycles. The van der Waals surface area contributed by atoms with Crippen molar-refractivity contribution in [3.8, 4) is 0 Å². The van der Waals surface area contributed by atoms with Crippen LogP contribution in [-0.2, 0) is 33.3 Å². The van der Waals surface area contributed by atoms with Gasteiger partial charge >= 0.3 is 17.9 Å². The Kier molecular flexibility index (Phi) is 5.06. The summed E-state index contributed by atoms with van der Waals surface area (Å²) in [5, 5.41) is 12.2. The summed E-state index contributed by atoms with van der Waals surface area (Å²) in [6.45, 7) is 5.50. The largest absolute Gasteiger partial charge is 0.462 e. The summed E-state index contributed by atoms with van der Waals surface area (Å²) in [5.74, 6) is -0.437. The standard InChI is InChI=1S/C27H36O8/c1-15(28)33-18-6-9-26-21-7-8-24(3)19(17-12-22(30)32-14-17)4-5-20(24)27(21,11-10-25(26,31)13-18)35-23(26)34-16(2)29/h12,18-21,23,31H,4-11,13-14H2,1-3H3/t18-,19-,20-,21-,23+,24-,25+,26-,27-/m0/s1. The maximum atomic E-state index is 12.2. The second-order valence-corrected chi connectivity index (χ2v) is 12.2. The van der Waals surface area contributed by atoms with E-state index in [1.54, 1.807) is 6.08 Å². The maximum Gasteiger partial charge on any atom is 0.331 e. The number of hydrogen-bond donors (Lipinski definition) is 1. The van der Waals surface area contributed by atoms with Crippen LogP contribution in [0, 0.1) is 28.6 Å². The zero-order chi connectivity index (χ0) is 24.8. The Morgan fingerprint density at radius 1 is 1.00 bits per heavy atom. The molecule has 0 aromatic carbocycles. The highest BCUT2D eigenvalue weighted by atomic mass is 16.7. The molecule has 0 unspecified atom stereocenters. The van der Waals surface area contributed by atoms with Crippen LogP contribution < -0.4 is 0 Å². The molecule has 192 valence electrons. The van der Waals surface area contributed by atoms with E-state index in [0.717, 1.165) is 31.3 Å². The molecule has 35 heavy (non-hydrogen) atoms. The summed E-state index contributed by atoms with van der Waals surface area (Å²) < 4.78 is 23.6. The number of ether oxygens (including phenoxy) is 4. The first kappa shape index (κ1) is 23.5. The van der Waals surface area contributed by atoms with Crippen LogP contribution in [0.5, 0.6) is 0 Å². The molecule has 0 radical (unpaired) electrons. The molecule has 0 aromatic heterocycles. The monoisotopic (exact) mass is 488 g/mol. The average molecular weight is 489 g/mol. The van der Waals surface area contributed by atoms with Crippen LogP contribution in [-0.4, -0.2) is 53.2 Å². The zero-order valence-electron chi connectivity index (χ0n) is 20.8. The summed E-state index contributed by atoms with van der Waals surface area (Å²) in [6.07, 6.45) is 7.06. The lowest BCUT2D eigenvalue weighted by atomic mass is 9.42. The van der Waals surface area contributed by atoms with Crippen LogP contribution in [0.1, 0.15) is 78.6 Å². The number of fused-ring (bicyclic) bond motifs is 1. The van der Waals surface area contributed by atoms with Crippen LogP contribution >= 0.6 is 0 Å². The van der Waals surface area contributed by atoms with Gasteiger partial charge in [-0.05, 0) is 74.2 Å². The van der Waals surface area contributed by atoms with Crippen LogP contribution in [0.3, 0.4) is 0 Å². The molecular formula is C27H36O8. The molecule has 2 bridgehead atoms. The highest BCUT2D eigenvalue weighted by Gasteiger charge is 2.80. The predicted molar refractivity (Wildman–Crippen MR) is 121 cm³/mol. The van der Waals surface area contributed by atoms with Gasteiger partial charge in [0.25, 0.3) is 0 Å². The lowest BCUT2D eigenvalue weighted by Gasteiger charge is -2.63. The molecule has 1 N–H and O–H groups in total. The van der Waals surface area contributed by atoms with Crippen LogP contribution in [0.15, 0.2) is 11.6 Å². The van der Waals surface area contributed by atoms with Gasteiger partial charge in [0.2, 0.25) is 6.29 Å². The van der Waals surface area contributed by atoms with Crippen molar-refractivity contribution in [2.75, 3.05) is 6.61 Å². The van der Waals surface area contributed by atoms with E-state index >= 15 is 0 Å². The minimum absolute atomic E-state index is 0.0486. The Bertz CT molecular complexity index is 1010. The van der Waals surface area contributed by atoms with Crippen molar-refractivity contribution in [3.63, 3.8) is 0 Å². The second kappa shape index (κ2) is 7.54. The van der Waals surface area contributed by atoms with Crippen LogP contribution in [0.2, 0.25) is 0 Å². The van der Waals surface area contributed by atoms with Gasteiger partial charge in [-0.2, -0.15) is 0 Å². The number of esters is 3. The van der Waals surface area contributed by atoms with E-state index < -0.39 is 28.9 Å². The van der Waals surface area contributed by atoms with E-state index in [1.807, 2.05) is 0 Å². The van der Waals surface area contributed by atoms with Crippen molar-refractivity contribution in [1.82, 2.24) is 0 Å². The predicted octanol–water partition coefficient (Wildman–Crippen LogP) is 3.20. The molecule has 1 saturated heterocycles. The topological polar surface area (TPSA) is 108 Å². The third kappa shape index (κ3) is 3.02. The summed E-state index contributed by atoms with van der Waals surface area (Å²) >= 11 is 0. The first-order valence-corrected chi connectivity index (χ1v) is 13.2. The number of rotatable bonds is 3. The molecule has 8 heteroatoms. The first-order valence-electron chi connectivity index (χ1n) is 13.2. The van der Waals surface area contributed by atoms with Gasteiger partial charge in [-0.1, -0.05) is 6.92 Å². The molecule has 8 nitrogen and oxygen atoms in total. The van der Waals surface area contributed by atoms with Crippen molar-refractivity contribution in [2.45, 2.75) is 102 Å². The Hall–Kier alpha value is -1.93. The van der Waals surface area contributed by atoms with Gasteiger partial charge in [0, 0.05) is 32.3 Å². The van der Waals surface area contributed by atoms with Gasteiger partial charge in [0.1, 0.15) is 12.7 Å². The quantitative estimate of drug-likeness (QED) is 0.477. The van der Waals surface area contributed by atoms with Crippen molar-refractivity contribution in [1.29, 1.82) is 0 Å². The first-order chi connectivity index (χ1) is 16.5. The molecule has 1 spiro atoms. The highest BCUT2D eigenvalue weighted by Crippen LogP contribution is 2.76. The number of hydrogen-bond acceptors (Lipinski definition) is 8. The SMILES string of the molecule is CC(=O)O[C@H]1CC[C@]23[C@H](OC(C)=O)O[C@]4(CC[C@@]2(O)C1)[C@H]3CC[C@@]1(C)[C@H](C2=CC(=O)OC2)CC[C@@H]14. The molecule has 4 saturated carbocycles. The number of carbonyl (C=O) groups is 3. The molecule has 6 aliphatic rings. The third-order valence-corrected chi connectivity index (χ3v) is 10.8. The van der Waals surface area contributed by atoms with Gasteiger partial charge in [-0.3, -0.25) is 9.59 Å². The van der Waals surface area contributed by atoms with Gasteiger partial charge in [-0.25, -0.2) is 4.79 Å². The summed E-state index contributed by atoms with van der Waals surface area (Å²) in [4.78, 5) is 35.7. The molecular weight excluding hydrogens is 452 g/mol. The van der Waals surface area contributed by atoms with E-state index in [-0.39, 0.29) is 41.2 Å². The average Bonchev–Trinajstić information content (AvgIpc) is 3.40. The zero-order valence-corrected chi connectivity index (χ0v) is 20.8. The second-order valence-electron chi connectivity index (χ2n) is 12.2. The molecule has 6 rings (SSSR count). The Morgan fingerprint density at radius 2 is 1.77 bits per heavy atom. The number of cyclic esters (lactones) is 1. The Labute approximate surface area is 205 Å². The number of aliphatic hydroxyl groups is 1. The minimum Gasteiger partial charge on any atom is -0.462 e. The van der Waals surface area contributed by atoms with Gasteiger partial charge in [0.15, 0.2) is 0 Å². The van der Waals surface area contributed by atoms with Crippen molar-refractivity contribution < 1.29 is 38.4 Å². The molecule has 9 atom stereocenters. The lowest BCUT2D eigenvalue weighted by Crippen LogP contribution is -2.67. The van der Waals surface area contributed by atoms with Gasteiger partial charge in [-0.15, -0.1) is 0 Å². The molecule has 0 amide bonds. The van der Waals surface area contributed by atoms with E-state index in [9.17, 15) is 19.5 Å². The fourth-order valence-corrected chi connectivity index (χ4v) is 9.75. The van der Waals surface area contributed by atoms with E-state index in [0.29, 0.717) is 38.7 Å². The molecule has 5 fully saturated rings. The van der Waals surface area contributed by atoms with E-state index in [1.165, 1.54) is 13.8 Å². The lowest BCUT2D eigenvalue weighted by molar-refractivity contribution is -0.243. The highest BCUT2D eigenvalue weighted by molar-refractivity contribution is 5.85. The van der Waals surface area contributed by atoms with Crippen LogP contribution in [0.4, 0.5) is 0 Å². The van der Waals surface area contributed by atoms with Crippen molar-refractivity contribution >= 4 is 17.9 Å². The van der Waals surface area contributed by atoms with Crippen LogP contribution in [0.25, 0.3) is 0 Å². The number of carbonyl (C=O) groups excluding carboxylic acids is 3. The third-order valence-electron chi connectivity index (χ3n) is 10.8. The summed E-state index contributed by atoms with van der Waals surface area (Å²) in [7, 11) is 0. The Balaban J connectivity index is 1.39. The molecule has 2 aliphatic heterocycles. The fourth-order valence-electron chi connectivity index (χ4n) is 9.75. The summed E-state index contributed by atoms with van der Waals surface area (Å²) in [5.41, 5.74) is -1.28. The maximum absolute atomic E-state index is 12.2. The van der Waals surface area contributed by atoms with Crippen molar-refractivity contribution in [3.05, 3.63) is 11.6 Å². The summed E-state index contributed by atoms with van der Waals surface area (Å²) in [6, 6.07) is 0. The van der Waals surface area contributed by atoms with Gasteiger partial charge in [0.05, 0.1) is 16.6 Å². The Morgan fingerprint density at radius 3 is 2.46 bits per heavy atom.